The predicted octanol–water partition coefficient (Wildman–Crippen LogP) is 2.15. The van der Waals surface area contributed by atoms with Crippen molar-refractivity contribution in [3.63, 3.8) is 0 Å². The number of nitrogens with one attached hydrogen (secondary N) is 2. The first-order chi connectivity index (χ1) is 10.4. The summed E-state index contributed by atoms with van der Waals surface area (Å²) in [6.07, 6.45) is 11.8. The van der Waals surface area contributed by atoms with Crippen molar-refractivity contribution in [2.24, 2.45) is 0 Å². The van der Waals surface area contributed by atoms with Gasteiger partial charge in [0, 0.05) is 12.4 Å². The van der Waals surface area contributed by atoms with E-state index in [1.54, 1.807) is 12.7 Å². The molecule has 7 heteroatoms. The molecular weight excluding hydrogens is 266 g/mol. The number of H-pyrrole nitrogens is 1. The molecule has 2 atom stereocenters. The molecule has 1 fully saturated rings. The van der Waals surface area contributed by atoms with Gasteiger partial charge in [-0.15, -0.1) is 0 Å². The second-order valence-corrected chi connectivity index (χ2v) is 5.41. The zero-order valence-electron chi connectivity index (χ0n) is 11.6. The molecule has 0 aromatic carbocycles. The fourth-order valence-electron chi connectivity index (χ4n) is 3.12. The summed E-state index contributed by atoms with van der Waals surface area (Å²) in [5, 5.41) is 7.97. The van der Waals surface area contributed by atoms with Crippen LogP contribution < -0.4 is 5.32 Å². The summed E-state index contributed by atoms with van der Waals surface area (Å²) < 4.78 is 2.06. The van der Waals surface area contributed by atoms with E-state index < -0.39 is 0 Å². The number of rotatable bonds is 3. The lowest BCUT2D eigenvalue weighted by Gasteiger charge is -2.32. The Bertz CT molecular complexity index is 718. The van der Waals surface area contributed by atoms with Crippen LogP contribution in [0.25, 0.3) is 11.2 Å². The van der Waals surface area contributed by atoms with Crippen LogP contribution in [0.4, 0.5) is 5.82 Å². The van der Waals surface area contributed by atoms with Gasteiger partial charge in [0.25, 0.3) is 0 Å². The summed E-state index contributed by atoms with van der Waals surface area (Å²) in [7, 11) is 0. The number of anilines is 1. The minimum Gasteiger partial charge on any atom is -0.363 e. The minimum atomic E-state index is 0.319. The SMILES string of the molecule is c1cnn([C@H]2CCCC[C@@H]2Nc2ncnc3nc[nH]c23)c1. The summed E-state index contributed by atoms with van der Waals surface area (Å²) in [6, 6.07) is 2.66. The fourth-order valence-corrected chi connectivity index (χ4v) is 3.12. The molecule has 1 aliphatic carbocycles. The molecule has 0 radical (unpaired) electrons. The lowest BCUT2D eigenvalue weighted by atomic mass is 9.90. The zero-order valence-corrected chi connectivity index (χ0v) is 11.6. The first-order valence-corrected chi connectivity index (χ1v) is 7.31. The molecule has 2 N–H and O–H groups in total. The number of imidazole rings is 1. The molecule has 0 bridgehead atoms. The third-order valence-electron chi connectivity index (χ3n) is 4.14. The highest BCUT2D eigenvalue weighted by atomic mass is 15.3. The summed E-state index contributed by atoms with van der Waals surface area (Å²) >= 11 is 0. The summed E-state index contributed by atoms with van der Waals surface area (Å²) in [5.41, 5.74) is 1.56. The standard InChI is InChI=1S/C14H17N7/c1-2-5-11(21-7-3-6-19-21)10(4-1)20-14-12-13(16-8-15-12)17-9-18-14/h3,6-11H,1-2,4-5H2,(H2,15,16,17,18,20)/t10-,11-/m0/s1. The van der Waals surface area contributed by atoms with Gasteiger partial charge >= 0.3 is 0 Å². The smallest absolute Gasteiger partial charge is 0.182 e. The van der Waals surface area contributed by atoms with E-state index in [0.29, 0.717) is 17.7 Å². The highest BCUT2D eigenvalue weighted by Gasteiger charge is 2.27. The van der Waals surface area contributed by atoms with Crippen LogP contribution in [0.5, 0.6) is 0 Å². The van der Waals surface area contributed by atoms with Crippen molar-refractivity contribution in [1.82, 2.24) is 29.7 Å². The van der Waals surface area contributed by atoms with Gasteiger partial charge in [-0.05, 0) is 18.9 Å². The minimum absolute atomic E-state index is 0.319. The van der Waals surface area contributed by atoms with Crippen LogP contribution in [0.3, 0.4) is 0 Å². The van der Waals surface area contributed by atoms with E-state index in [0.717, 1.165) is 24.2 Å². The first-order valence-electron chi connectivity index (χ1n) is 7.31. The molecule has 21 heavy (non-hydrogen) atoms. The number of hydrogen-bond acceptors (Lipinski definition) is 5. The Morgan fingerprint density at radius 2 is 2.14 bits per heavy atom. The van der Waals surface area contributed by atoms with E-state index in [1.165, 1.54) is 12.8 Å². The maximum Gasteiger partial charge on any atom is 0.182 e. The number of fused-ring (bicyclic) bond motifs is 1. The maximum atomic E-state index is 4.41. The Hall–Kier alpha value is -2.44. The van der Waals surface area contributed by atoms with E-state index in [9.17, 15) is 0 Å². The topological polar surface area (TPSA) is 84.3 Å². The lowest BCUT2D eigenvalue weighted by Crippen LogP contribution is -2.34. The van der Waals surface area contributed by atoms with Crippen molar-refractivity contribution in [3.05, 3.63) is 31.1 Å². The van der Waals surface area contributed by atoms with Crippen molar-refractivity contribution in [1.29, 1.82) is 0 Å². The molecule has 1 aliphatic rings. The van der Waals surface area contributed by atoms with E-state index >= 15 is 0 Å². The second kappa shape index (κ2) is 5.16. The molecular formula is C14H17N7. The van der Waals surface area contributed by atoms with Gasteiger partial charge in [0.15, 0.2) is 11.5 Å². The van der Waals surface area contributed by atoms with Gasteiger partial charge in [-0.3, -0.25) is 4.68 Å². The molecule has 1 saturated carbocycles. The van der Waals surface area contributed by atoms with Gasteiger partial charge in [0.1, 0.15) is 11.8 Å². The third-order valence-corrected chi connectivity index (χ3v) is 4.14. The van der Waals surface area contributed by atoms with E-state index in [2.05, 4.69) is 35.0 Å². The summed E-state index contributed by atoms with van der Waals surface area (Å²) in [4.78, 5) is 15.8. The molecule has 0 unspecified atom stereocenters. The first kappa shape index (κ1) is 12.3. The van der Waals surface area contributed by atoms with Crippen molar-refractivity contribution in [2.75, 3.05) is 5.32 Å². The molecule has 4 rings (SSSR count). The van der Waals surface area contributed by atoms with Crippen molar-refractivity contribution in [3.8, 4) is 0 Å². The van der Waals surface area contributed by atoms with Crippen molar-refractivity contribution in [2.45, 2.75) is 37.8 Å². The normalized spacial score (nSPS) is 22.5. The van der Waals surface area contributed by atoms with E-state index in [-0.39, 0.29) is 0 Å². The molecule has 0 saturated heterocycles. The van der Waals surface area contributed by atoms with Crippen LogP contribution >= 0.6 is 0 Å². The second-order valence-electron chi connectivity index (χ2n) is 5.41. The maximum absolute atomic E-state index is 4.41. The van der Waals surface area contributed by atoms with Crippen LogP contribution in [-0.2, 0) is 0 Å². The molecule has 3 heterocycles. The van der Waals surface area contributed by atoms with Crippen LogP contribution in [-0.4, -0.2) is 35.8 Å². The lowest BCUT2D eigenvalue weighted by molar-refractivity contribution is 0.301. The van der Waals surface area contributed by atoms with Gasteiger partial charge in [-0.2, -0.15) is 5.10 Å². The molecule has 3 aromatic heterocycles. The van der Waals surface area contributed by atoms with Crippen LogP contribution in [0.15, 0.2) is 31.1 Å². The number of aromatic nitrogens is 6. The average Bonchev–Trinajstić information content (AvgIpc) is 3.20. The summed E-state index contributed by atoms with van der Waals surface area (Å²) in [6.45, 7) is 0. The monoisotopic (exact) mass is 283 g/mol. The Labute approximate surface area is 121 Å². The fraction of sp³-hybridized carbons (Fsp3) is 0.429. The average molecular weight is 283 g/mol. The highest BCUT2D eigenvalue weighted by molar-refractivity contribution is 5.82. The molecule has 0 amide bonds. The van der Waals surface area contributed by atoms with Gasteiger partial charge in [0.2, 0.25) is 0 Å². The number of hydrogen-bond donors (Lipinski definition) is 2. The molecule has 108 valence electrons. The predicted molar refractivity (Wildman–Crippen MR) is 78.8 cm³/mol. The Morgan fingerprint density at radius 1 is 1.19 bits per heavy atom. The van der Waals surface area contributed by atoms with Gasteiger partial charge in [0.05, 0.1) is 18.4 Å². The Morgan fingerprint density at radius 3 is 3.05 bits per heavy atom. The van der Waals surface area contributed by atoms with Crippen molar-refractivity contribution >= 4 is 17.0 Å². The highest BCUT2D eigenvalue weighted by Crippen LogP contribution is 2.31. The largest absolute Gasteiger partial charge is 0.363 e. The third kappa shape index (κ3) is 2.24. The van der Waals surface area contributed by atoms with E-state index in [4.69, 9.17) is 0 Å². The number of nitrogens with zero attached hydrogens (tertiary/aromatic N) is 5. The molecule has 3 aromatic rings. The van der Waals surface area contributed by atoms with Crippen LogP contribution in [0, 0.1) is 0 Å². The van der Waals surface area contributed by atoms with E-state index in [1.807, 2.05) is 18.5 Å². The van der Waals surface area contributed by atoms with Gasteiger partial charge in [-0.25, -0.2) is 15.0 Å². The quantitative estimate of drug-likeness (QED) is 0.769. The Kier molecular flexibility index (Phi) is 3.02. The Balaban J connectivity index is 1.64. The van der Waals surface area contributed by atoms with Gasteiger partial charge in [-0.1, -0.05) is 12.8 Å². The molecule has 7 nitrogen and oxygen atoms in total. The summed E-state index contributed by atoms with van der Waals surface area (Å²) in [5.74, 6) is 0.821. The zero-order chi connectivity index (χ0) is 14.1. The van der Waals surface area contributed by atoms with Gasteiger partial charge < -0.3 is 10.3 Å². The number of aromatic amines is 1. The van der Waals surface area contributed by atoms with Crippen LogP contribution in [0.1, 0.15) is 31.7 Å². The molecule has 0 aliphatic heterocycles. The van der Waals surface area contributed by atoms with Crippen molar-refractivity contribution < 1.29 is 0 Å². The molecule has 0 spiro atoms. The van der Waals surface area contributed by atoms with Crippen LogP contribution in [0.2, 0.25) is 0 Å².